The number of nitrogen functional groups attached to an aromatic ring is 1. The molecule has 3 rings (SSSR count). The predicted octanol–water partition coefficient (Wildman–Crippen LogP) is 2.54. The lowest BCUT2D eigenvalue weighted by Gasteiger charge is -2.32. The summed E-state index contributed by atoms with van der Waals surface area (Å²) < 4.78 is 5.25. The number of rotatable bonds is 5. The molecule has 0 atom stereocenters. The molecule has 0 spiro atoms. The zero-order valence-corrected chi connectivity index (χ0v) is 14.2. The van der Waals surface area contributed by atoms with Crippen molar-refractivity contribution in [2.24, 2.45) is 5.92 Å². The largest absolute Gasteiger partial charge is 0.496 e. The van der Waals surface area contributed by atoms with Crippen molar-refractivity contribution < 1.29 is 9.53 Å². The van der Waals surface area contributed by atoms with Gasteiger partial charge in [-0.05, 0) is 37.7 Å². The van der Waals surface area contributed by atoms with Crippen LogP contribution in [-0.4, -0.2) is 43.6 Å². The van der Waals surface area contributed by atoms with Gasteiger partial charge in [-0.1, -0.05) is 11.6 Å². The van der Waals surface area contributed by atoms with Gasteiger partial charge in [0.2, 0.25) is 0 Å². The van der Waals surface area contributed by atoms with Gasteiger partial charge in [-0.15, -0.1) is 0 Å². The Balaban J connectivity index is 1.58. The number of nitrogens with two attached hydrogens (primary N) is 1. The van der Waals surface area contributed by atoms with Crippen LogP contribution in [-0.2, 0) is 0 Å². The fourth-order valence-electron chi connectivity index (χ4n) is 3.10. The first-order valence-corrected chi connectivity index (χ1v) is 8.61. The molecule has 1 saturated heterocycles. The van der Waals surface area contributed by atoms with E-state index in [1.54, 1.807) is 12.1 Å². The van der Waals surface area contributed by atoms with Crippen molar-refractivity contribution in [3.8, 4) is 5.75 Å². The first-order valence-electron chi connectivity index (χ1n) is 8.23. The Bertz CT molecular complexity index is 581. The second kappa shape index (κ2) is 6.97. The number of halogens is 1. The van der Waals surface area contributed by atoms with E-state index < -0.39 is 0 Å². The lowest BCUT2D eigenvalue weighted by Crippen LogP contribution is -2.45. The molecule has 1 aromatic rings. The third kappa shape index (κ3) is 4.09. The summed E-state index contributed by atoms with van der Waals surface area (Å²) in [5.41, 5.74) is 6.61. The monoisotopic (exact) mass is 337 g/mol. The number of nitrogens with one attached hydrogen (secondary N) is 1. The summed E-state index contributed by atoms with van der Waals surface area (Å²) >= 11 is 6.04. The zero-order chi connectivity index (χ0) is 16.4. The fourth-order valence-corrected chi connectivity index (χ4v) is 3.27. The van der Waals surface area contributed by atoms with E-state index in [0.717, 1.165) is 31.8 Å². The van der Waals surface area contributed by atoms with Gasteiger partial charge < -0.3 is 20.7 Å². The number of likely N-dealkylation sites (tertiary alicyclic amines) is 1. The third-order valence-electron chi connectivity index (χ3n) is 4.70. The molecule has 1 heterocycles. The zero-order valence-electron chi connectivity index (χ0n) is 13.5. The number of piperidine rings is 1. The van der Waals surface area contributed by atoms with Gasteiger partial charge in [0.25, 0.3) is 5.91 Å². The molecule has 2 aliphatic rings. The van der Waals surface area contributed by atoms with Gasteiger partial charge in [0.15, 0.2) is 0 Å². The van der Waals surface area contributed by atoms with E-state index in [-0.39, 0.29) is 11.9 Å². The number of hydrogen-bond donors (Lipinski definition) is 2. The van der Waals surface area contributed by atoms with Crippen LogP contribution in [0.2, 0.25) is 5.02 Å². The number of nitrogens with zero attached hydrogens (tertiary/aromatic N) is 1. The van der Waals surface area contributed by atoms with Gasteiger partial charge in [0.1, 0.15) is 5.75 Å². The number of amides is 1. The molecule has 23 heavy (non-hydrogen) atoms. The molecule has 6 heteroatoms. The lowest BCUT2D eigenvalue weighted by atomic mass is 10.0. The minimum Gasteiger partial charge on any atom is -0.496 e. The summed E-state index contributed by atoms with van der Waals surface area (Å²) in [7, 11) is 1.52. The minimum absolute atomic E-state index is 0.149. The molecule has 1 aliphatic heterocycles. The van der Waals surface area contributed by atoms with Crippen molar-refractivity contribution in [3.05, 3.63) is 22.7 Å². The van der Waals surface area contributed by atoms with Crippen LogP contribution in [0.5, 0.6) is 5.75 Å². The van der Waals surface area contributed by atoms with E-state index in [4.69, 9.17) is 22.1 Å². The van der Waals surface area contributed by atoms with Gasteiger partial charge in [-0.2, -0.15) is 0 Å². The van der Waals surface area contributed by atoms with E-state index in [0.29, 0.717) is 22.0 Å². The molecular formula is C17H24ClN3O2. The molecule has 0 aromatic heterocycles. The van der Waals surface area contributed by atoms with Gasteiger partial charge >= 0.3 is 0 Å². The smallest absolute Gasteiger partial charge is 0.255 e. The number of methoxy groups -OCH3 is 1. The van der Waals surface area contributed by atoms with Crippen LogP contribution in [0.3, 0.4) is 0 Å². The average Bonchev–Trinajstić information content (AvgIpc) is 3.35. The van der Waals surface area contributed by atoms with Crippen molar-refractivity contribution in [2.75, 3.05) is 32.5 Å². The molecule has 0 radical (unpaired) electrons. The standard InChI is InChI=1S/C17H24ClN3O2/c1-23-16-9-15(19)14(18)8-13(16)17(22)20-12-4-6-21(7-5-12)10-11-2-3-11/h8-9,11-12H,2-7,10,19H2,1H3,(H,20,22). The molecule has 1 saturated carbocycles. The van der Waals surface area contributed by atoms with Crippen LogP contribution in [0.4, 0.5) is 5.69 Å². The second-order valence-corrected chi connectivity index (χ2v) is 6.97. The maximum Gasteiger partial charge on any atom is 0.255 e. The molecule has 0 unspecified atom stereocenters. The van der Waals surface area contributed by atoms with E-state index in [2.05, 4.69) is 10.2 Å². The molecule has 3 N–H and O–H groups in total. The summed E-state index contributed by atoms with van der Waals surface area (Å²) in [5, 5.41) is 3.47. The quantitative estimate of drug-likeness (QED) is 0.810. The Kier molecular flexibility index (Phi) is 4.97. The third-order valence-corrected chi connectivity index (χ3v) is 5.03. The van der Waals surface area contributed by atoms with E-state index in [1.807, 2.05) is 0 Å². The van der Waals surface area contributed by atoms with Gasteiger partial charge in [0, 0.05) is 31.7 Å². The normalized spacial score (nSPS) is 19.6. The van der Waals surface area contributed by atoms with Crippen molar-refractivity contribution in [1.29, 1.82) is 0 Å². The highest BCUT2D eigenvalue weighted by atomic mass is 35.5. The molecule has 1 aliphatic carbocycles. The van der Waals surface area contributed by atoms with Gasteiger partial charge in [-0.25, -0.2) is 0 Å². The van der Waals surface area contributed by atoms with Gasteiger partial charge in [-0.3, -0.25) is 4.79 Å². The Labute approximate surface area is 142 Å². The Morgan fingerprint density at radius 1 is 1.35 bits per heavy atom. The molecule has 5 nitrogen and oxygen atoms in total. The summed E-state index contributed by atoms with van der Waals surface area (Å²) in [5.74, 6) is 1.22. The number of anilines is 1. The fraction of sp³-hybridized carbons (Fsp3) is 0.588. The van der Waals surface area contributed by atoms with E-state index in [1.165, 1.54) is 26.5 Å². The van der Waals surface area contributed by atoms with Gasteiger partial charge in [0.05, 0.1) is 23.4 Å². The predicted molar refractivity (Wildman–Crippen MR) is 92.1 cm³/mol. The van der Waals surface area contributed by atoms with Crippen LogP contribution < -0.4 is 15.8 Å². The maximum absolute atomic E-state index is 12.5. The summed E-state index contributed by atoms with van der Waals surface area (Å²) in [4.78, 5) is 15.0. The Morgan fingerprint density at radius 2 is 2.04 bits per heavy atom. The summed E-state index contributed by atoms with van der Waals surface area (Å²) in [6.45, 7) is 3.34. The highest BCUT2D eigenvalue weighted by Crippen LogP contribution is 2.31. The van der Waals surface area contributed by atoms with Crippen LogP contribution in [0.15, 0.2) is 12.1 Å². The molecule has 0 bridgehead atoms. The number of carbonyl (C=O) groups excluding carboxylic acids is 1. The van der Waals surface area contributed by atoms with Crippen LogP contribution in [0.25, 0.3) is 0 Å². The van der Waals surface area contributed by atoms with Crippen molar-refractivity contribution in [1.82, 2.24) is 10.2 Å². The van der Waals surface area contributed by atoms with Crippen LogP contribution in [0, 0.1) is 5.92 Å². The molecule has 126 valence electrons. The molecule has 1 amide bonds. The average molecular weight is 338 g/mol. The number of benzene rings is 1. The van der Waals surface area contributed by atoms with E-state index in [9.17, 15) is 4.79 Å². The topological polar surface area (TPSA) is 67.6 Å². The molecular weight excluding hydrogens is 314 g/mol. The summed E-state index contributed by atoms with van der Waals surface area (Å²) in [6.07, 6.45) is 4.75. The maximum atomic E-state index is 12.5. The SMILES string of the molecule is COc1cc(N)c(Cl)cc1C(=O)NC1CCN(CC2CC2)CC1. The number of ether oxygens (including phenoxy) is 1. The molecule has 2 fully saturated rings. The first kappa shape index (κ1) is 16.4. The van der Waals surface area contributed by atoms with Crippen molar-refractivity contribution in [2.45, 2.75) is 31.7 Å². The van der Waals surface area contributed by atoms with E-state index >= 15 is 0 Å². The number of carbonyl (C=O) groups is 1. The highest BCUT2D eigenvalue weighted by Gasteiger charge is 2.28. The molecule has 1 aromatic carbocycles. The number of hydrogen-bond acceptors (Lipinski definition) is 4. The van der Waals surface area contributed by atoms with Crippen molar-refractivity contribution >= 4 is 23.2 Å². The summed E-state index contributed by atoms with van der Waals surface area (Å²) in [6, 6.07) is 3.38. The second-order valence-electron chi connectivity index (χ2n) is 6.57. The van der Waals surface area contributed by atoms with Crippen LogP contribution >= 0.6 is 11.6 Å². The first-order chi connectivity index (χ1) is 11.1. The minimum atomic E-state index is -0.149. The Hall–Kier alpha value is -1.46. The van der Waals surface area contributed by atoms with Crippen LogP contribution in [0.1, 0.15) is 36.0 Å². The highest BCUT2D eigenvalue weighted by molar-refractivity contribution is 6.33. The lowest BCUT2D eigenvalue weighted by molar-refractivity contribution is 0.0906. The van der Waals surface area contributed by atoms with Crippen molar-refractivity contribution in [3.63, 3.8) is 0 Å². The Morgan fingerprint density at radius 3 is 2.65 bits per heavy atom.